The Balaban J connectivity index is 1.82. The SMILES string of the molecule is O=C(Nn1cnnc1)C(=O)c1c(-c2ccccc2)cc2ccccn12. The number of rotatable bonds is 4. The summed E-state index contributed by atoms with van der Waals surface area (Å²) < 4.78 is 2.95. The van der Waals surface area contributed by atoms with Gasteiger partial charge in [-0.3, -0.25) is 15.0 Å². The summed E-state index contributed by atoms with van der Waals surface area (Å²) in [5.74, 6) is -1.40. The van der Waals surface area contributed by atoms with E-state index in [2.05, 4.69) is 15.6 Å². The molecule has 0 saturated carbocycles. The third-order valence-electron chi connectivity index (χ3n) is 3.84. The molecular formula is C18H13N5O2. The van der Waals surface area contributed by atoms with E-state index in [0.717, 1.165) is 11.1 Å². The lowest BCUT2D eigenvalue weighted by Crippen LogP contribution is -2.30. The molecule has 0 bridgehead atoms. The van der Waals surface area contributed by atoms with Crippen molar-refractivity contribution in [3.63, 3.8) is 0 Å². The number of hydrogen-bond acceptors (Lipinski definition) is 4. The van der Waals surface area contributed by atoms with Crippen molar-refractivity contribution in [3.05, 3.63) is 79.1 Å². The smallest absolute Gasteiger partial charge is 0.312 e. The maximum Gasteiger partial charge on any atom is 0.312 e. The number of carbonyl (C=O) groups is 2. The van der Waals surface area contributed by atoms with Gasteiger partial charge in [-0.2, -0.15) is 0 Å². The number of aromatic nitrogens is 4. The van der Waals surface area contributed by atoms with Gasteiger partial charge in [-0.05, 0) is 23.8 Å². The molecule has 4 aromatic rings. The number of ketones is 1. The Labute approximate surface area is 142 Å². The van der Waals surface area contributed by atoms with Crippen LogP contribution in [0.3, 0.4) is 0 Å². The fourth-order valence-electron chi connectivity index (χ4n) is 2.73. The predicted molar refractivity (Wildman–Crippen MR) is 91.6 cm³/mol. The van der Waals surface area contributed by atoms with E-state index >= 15 is 0 Å². The van der Waals surface area contributed by atoms with Gasteiger partial charge in [-0.15, -0.1) is 10.2 Å². The summed E-state index contributed by atoms with van der Waals surface area (Å²) >= 11 is 0. The zero-order chi connectivity index (χ0) is 17.2. The summed E-state index contributed by atoms with van der Waals surface area (Å²) in [7, 11) is 0. The van der Waals surface area contributed by atoms with Crippen LogP contribution in [0.5, 0.6) is 0 Å². The molecule has 0 radical (unpaired) electrons. The quantitative estimate of drug-likeness (QED) is 0.459. The summed E-state index contributed by atoms with van der Waals surface area (Å²) in [5, 5.41) is 7.19. The van der Waals surface area contributed by atoms with Gasteiger partial charge >= 0.3 is 5.91 Å². The topological polar surface area (TPSA) is 81.3 Å². The van der Waals surface area contributed by atoms with Gasteiger partial charge in [-0.25, -0.2) is 4.68 Å². The molecule has 7 heteroatoms. The van der Waals surface area contributed by atoms with E-state index in [1.807, 2.05) is 54.6 Å². The van der Waals surface area contributed by atoms with Crippen molar-refractivity contribution in [1.29, 1.82) is 0 Å². The van der Waals surface area contributed by atoms with E-state index in [0.29, 0.717) is 11.3 Å². The minimum atomic E-state index is -0.763. The Morgan fingerprint density at radius 2 is 1.64 bits per heavy atom. The summed E-state index contributed by atoms with van der Waals surface area (Å²) in [4.78, 5) is 25.2. The number of hydrogen-bond donors (Lipinski definition) is 1. The highest BCUT2D eigenvalue weighted by Gasteiger charge is 2.24. The Morgan fingerprint density at radius 1 is 0.920 bits per heavy atom. The normalized spacial score (nSPS) is 10.7. The molecule has 0 aliphatic carbocycles. The van der Waals surface area contributed by atoms with Gasteiger partial charge in [0.15, 0.2) is 0 Å². The van der Waals surface area contributed by atoms with E-state index in [9.17, 15) is 9.59 Å². The average molecular weight is 331 g/mol. The third kappa shape index (κ3) is 2.67. The van der Waals surface area contributed by atoms with Crippen LogP contribution in [0.15, 0.2) is 73.4 Å². The monoisotopic (exact) mass is 331 g/mol. The molecule has 122 valence electrons. The third-order valence-corrected chi connectivity index (χ3v) is 3.84. The zero-order valence-electron chi connectivity index (χ0n) is 13.0. The van der Waals surface area contributed by atoms with Crippen molar-refractivity contribution in [2.24, 2.45) is 0 Å². The van der Waals surface area contributed by atoms with Crippen LogP contribution in [0.25, 0.3) is 16.6 Å². The molecule has 0 unspecified atom stereocenters. The molecule has 3 heterocycles. The van der Waals surface area contributed by atoms with Gasteiger partial charge in [0.1, 0.15) is 18.3 Å². The number of pyridine rings is 1. The fourth-order valence-corrected chi connectivity index (χ4v) is 2.73. The fraction of sp³-hybridized carbons (Fsp3) is 0. The highest BCUT2D eigenvalue weighted by molar-refractivity contribution is 6.46. The van der Waals surface area contributed by atoms with Gasteiger partial charge in [0, 0.05) is 17.3 Å². The van der Waals surface area contributed by atoms with E-state index < -0.39 is 11.7 Å². The summed E-state index contributed by atoms with van der Waals surface area (Å²) in [6.45, 7) is 0. The Morgan fingerprint density at radius 3 is 2.40 bits per heavy atom. The first kappa shape index (κ1) is 14.8. The van der Waals surface area contributed by atoms with Crippen LogP contribution in [0, 0.1) is 0 Å². The molecule has 1 amide bonds. The summed E-state index contributed by atoms with van der Waals surface area (Å²) in [6.07, 6.45) is 4.38. The van der Waals surface area contributed by atoms with Crippen LogP contribution in [-0.4, -0.2) is 31.0 Å². The van der Waals surface area contributed by atoms with E-state index in [-0.39, 0.29) is 0 Å². The first-order valence-corrected chi connectivity index (χ1v) is 7.60. The lowest BCUT2D eigenvalue weighted by Gasteiger charge is -2.07. The molecule has 0 aliphatic heterocycles. The second-order valence-electron chi connectivity index (χ2n) is 5.41. The molecule has 0 atom stereocenters. The Hall–Kier alpha value is -3.74. The van der Waals surface area contributed by atoms with Crippen molar-refractivity contribution in [2.75, 3.05) is 5.43 Å². The van der Waals surface area contributed by atoms with Crippen molar-refractivity contribution in [3.8, 4) is 11.1 Å². The van der Waals surface area contributed by atoms with Crippen LogP contribution in [0.4, 0.5) is 0 Å². The van der Waals surface area contributed by atoms with Gasteiger partial charge < -0.3 is 4.40 Å². The highest BCUT2D eigenvalue weighted by Crippen LogP contribution is 2.28. The number of benzene rings is 1. The lowest BCUT2D eigenvalue weighted by atomic mass is 10.0. The minimum absolute atomic E-state index is 0.312. The van der Waals surface area contributed by atoms with Crippen molar-refractivity contribution >= 4 is 17.2 Å². The molecule has 1 N–H and O–H groups in total. The number of amides is 1. The van der Waals surface area contributed by atoms with Crippen molar-refractivity contribution in [2.45, 2.75) is 0 Å². The van der Waals surface area contributed by atoms with Gasteiger partial charge in [0.2, 0.25) is 0 Å². The molecule has 3 aromatic heterocycles. The summed E-state index contributed by atoms with van der Waals surface area (Å²) in [5.41, 5.74) is 5.16. The largest absolute Gasteiger partial charge is 0.313 e. The molecule has 1 aromatic carbocycles. The van der Waals surface area contributed by atoms with Gasteiger partial charge in [0.25, 0.3) is 5.78 Å². The molecule has 0 fully saturated rings. The van der Waals surface area contributed by atoms with Crippen LogP contribution in [-0.2, 0) is 4.79 Å². The maximum atomic E-state index is 12.9. The van der Waals surface area contributed by atoms with Crippen LogP contribution in [0.1, 0.15) is 10.5 Å². The van der Waals surface area contributed by atoms with E-state index in [4.69, 9.17) is 0 Å². The number of nitrogens with one attached hydrogen (secondary N) is 1. The predicted octanol–water partition coefficient (Wildman–Crippen LogP) is 2.15. The van der Waals surface area contributed by atoms with Crippen molar-refractivity contribution in [1.82, 2.24) is 19.3 Å². The Bertz CT molecular complexity index is 1050. The minimum Gasteiger partial charge on any atom is -0.313 e. The number of fused-ring (bicyclic) bond motifs is 1. The highest BCUT2D eigenvalue weighted by atomic mass is 16.2. The molecule has 25 heavy (non-hydrogen) atoms. The average Bonchev–Trinajstić information content (AvgIpc) is 3.29. The van der Waals surface area contributed by atoms with Gasteiger partial charge in [-0.1, -0.05) is 36.4 Å². The first-order chi connectivity index (χ1) is 12.2. The van der Waals surface area contributed by atoms with Gasteiger partial charge in [0.05, 0.1) is 0 Å². The molecular weight excluding hydrogens is 318 g/mol. The number of carbonyl (C=O) groups excluding carboxylic acids is 2. The lowest BCUT2D eigenvalue weighted by molar-refractivity contribution is -0.113. The first-order valence-electron chi connectivity index (χ1n) is 7.60. The maximum absolute atomic E-state index is 12.9. The van der Waals surface area contributed by atoms with E-state index in [1.54, 1.807) is 10.6 Å². The second-order valence-corrected chi connectivity index (χ2v) is 5.41. The van der Waals surface area contributed by atoms with Crippen LogP contribution >= 0.6 is 0 Å². The number of Topliss-reactive ketones (excluding diaryl/α,β-unsaturated/α-hetero) is 1. The van der Waals surface area contributed by atoms with Crippen LogP contribution < -0.4 is 5.43 Å². The zero-order valence-corrected chi connectivity index (χ0v) is 13.0. The standard InChI is InChI=1S/C18H13N5O2/c24-17(18(25)21-22-11-19-20-12-22)16-15(13-6-2-1-3-7-13)10-14-8-4-5-9-23(14)16/h1-12H,(H,21,25). The molecule has 0 saturated heterocycles. The number of nitrogens with zero attached hydrogens (tertiary/aromatic N) is 4. The van der Waals surface area contributed by atoms with Crippen molar-refractivity contribution < 1.29 is 9.59 Å². The van der Waals surface area contributed by atoms with E-state index in [1.165, 1.54) is 17.3 Å². The molecule has 4 rings (SSSR count). The second kappa shape index (κ2) is 6.04. The molecule has 7 nitrogen and oxygen atoms in total. The molecule has 0 spiro atoms. The Kier molecular flexibility index (Phi) is 3.59. The molecule has 0 aliphatic rings. The van der Waals surface area contributed by atoms with Crippen LogP contribution in [0.2, 0.25) is 0 Å². The summed E-state index contributed by atoms with van der Waals surface area (Å²) in [6, 6.07) is 17.0.